The molecule has 0 saturated heterocycles. The number of para-hydroxylation sites is 1. The van der Waals surface area contributed by atoms with E-state index in [4.69, 9.17) is 0 Å². The number of hydrogen-bond acceptors (Lipinski definition) is 3. The van der Waals surface area contributed by atoms with Crippen LogP contribution in [-0.2, 0) is 16.4 Å². The van der Waals surface area contributed by atoms with Crippen LogP contribution in [0.3, 0.4) is 0 Å². The van der Waals surface area contributed by atoms with Crippen molar-refractivity contribution < 1.29 is 13.5 Å². The summed E-state index contributed by atoms with van der Waals surface area (Å²) in [7, 11) is -3.59. The highest BCUT2D eigenvalue weighted by Gasteiger charge is 2.30. The fraction of sp³-hybridized carbons (Fsp3) is 0.250. The molecule has 0 radical (unpaired) electrons. The van der Waals surface area contributed by atoms with E-state index < -0.39 is 16.1 Å². The second-order valence-corrected chi connectivity index (χ2v) is 7.07. The maximum absolute atomic E-state index is 12.8. The topological polar surface area (TPSA) is 57.6 Å². The quantitative estimate of drug-likeness (QED) is 0.948. The van der Waals surface area contributed by atoms with Crippen LogP contribution >= 0.6 is 0 Å². The van der Waals surface area contributed by atoms with E-state index in [2.05, 4.69) is 0 Å². The summed E-state index contributed by atoms with van der Waals surface area (Å²) < 4.78 is 27.1. The minimum atomic E-state index is -3.59. The lowest BCUT2D eigenvalue weighted by molar-refractivity contribution is 0.199. The van der Waals surface area contributed by atoms with Gasteiger partial charge in [0.2, 0.25) is 0 Å². The van der Waals surface area contributed by atoms with Gasteiger partial charge >= 0.3 is 0 Å². The van der Waals surface area contributed by atoms with E-state index in [1.165, 1.54) is 4.31 Å². The minimum Gasteiger partial charge on any atom is -0.389 e. The molecule has 3 rings (SSSR count). The zero-order chi connectivity index (χ0) is 15.0. The van der Waals surface area contributed by atoms with Gasteiger partial charge in [-0.15, -0.1) is 0 Å². The first-order chi connectivity index (χ1) is 10.00. The lowest BCUT2D eigenvalue weighted by Crippen LogP contribution is -2.29. The van der Waals surface area contributed by atoms with Gasteiger partial charge in [0.1, 0.15) is 0 Å². The molecule has 0 aromatic heterocycles. The SMILES string of the molecule is CC(O)c1cccc(S(=O)(=O)N2CCc3ccccc32)c1. The number of anilines is 1. The molecule has 0 spiro atoms. The van der Waals surface area contributed by atoms with Crippen LogP contribution < -0.4 is 4.31 Å². The summed E-state index contributed by atoms with van der Waals surface area (Å²) in [4.78, 5) is 0.220. The van der Waals surface area contributed by atoms with Crippen molar-refractivity contribution in [3.63, 3.8) is 0 Å². The maximum Gasteiger partial charge on any atom is 0.264 e. The summed E-state index contributed by atoms with van der Waals surface area (Å²) in [5.41, 5.74) is 2.40. The summed E-state index contributed by atoms with van der Waals surface area (Å²) in [5.74, 6) is 0. The van der Waals surface area contributed by atoms with Gasteiger partial charge in [0, 0.05) is 6.54 Å². The van der Waals surface area contributed by atoms with Crippen molar-refractivity contribution in [2.24, 2.45) is 0 Å². The Morgan fingerprint density at radius 2 is 1.90 bits per heavy atom. The molecule has 0 bridgehead atoms. The first kappa shape index (κ1) is 14.1. The molecule has 1 aliphatic heterocycles. The van der Waals surface area contributed by atoms with Crippen LogP contribution in [0.2, 0.25) is 0 Å². The van der Waals surface area contributed by atoms with Crippen LogP contribution in [0, 0.1) is 0 Å². The number of aliphatic hydroxyl groups is 1. The molecule has 4 nitrogen and oxygen atoms in total. The molecule has 1 aliphatic rings. The van der Waals surface area contributed by atoms with Crippen molar-refractivity contribution >= 4 is 15.7 Å². The highest BCUT2D eigenvalue weighted by molar-refractivity contribution is 7.92. The van der Waals surface area contributed by atoms with E-state index in [9.17, 15) is 13.5 Å². The number of hydrogen-bond donors (Lipinski definition) is 1. The summed E-state index contributed by atoms with van der Waals surface area (Å²) >= 11 is 0. The van der Waals surface area contributed by atoms with Gasteiger partial charge in [-0.2, -0.15) is 0 Å². The maximum atomic E-state index is 12.8. The Labute approximate surface area is 124 Å². The molecule has 21 heavy (non-hydrogen) atoms. The average molecular weight is 303 g/mol. The van der Waals surface area contributed by atoms with Crippen molar-refractivity contribution in [3.8, 4) is 0 Å². The molecule has 110 valence electrons. The van der Waals surface area contributed by atoms with Gasteiger partial charge in [0.15, 0.2) is 0 Å². The van der Waals surface area contributed by atoms with E-state index in [1.54, 1.807) is 31.2 Å². The molecule has 1 heterocycles. The third-order valence-electron chi connectivity index (χ3n) is 3.77. The number of fused-ring (bicyclic) bond motifs is 1. The van der Waals surface area contributed by atoms with E-state index in [0.29, 0.717) is 12.1 Å². The molecular formula is C16H17NO3S. The monoisotopic (exact) mass is 303 g/mol. The number of benzene rings is 2. The molecule has 1 atom stereocenters. The Kier molecular flexibility index (Phi) is 3.47. The Morgan fingerprint density at radius 3 is 2.67 bits per heavy atom. The van der Waals surface area contributed by atoms with Crippen molar-refractivity contribution in [2.45, 2.75) is 24.3 Å². The minimum absolute atomic E-state index is 0.220. The third kappa shape index (κ3) is 2.43. The molecule has 0 fully saturated rings. The van der Waals surface area contributed by atoms with Crippen LogP contribution in [0.4, 0.5) is 5.69 Å². The van der Waals surface area contributed by atoms with Gasteiger partial charge in [-0.25, -0.2) is 8.42 Å². The van der Waals surface area contributed by atoms with Crippen molar-refractivity contribution in [2.75, 3.05) is 10.8 Å². The number of nitrogens with zero attached hydrogens (tertiary/aromatic N) is 1. The van der Waals surface area contributed by atoms with Crippen molar-refractivity contribution in [1.29, 1.82) is 0 Å². The molecule has 1 unspecified atom stereocenters. The van der Waals surface area contributed by atoms with Gasteiger partial charge in [-0.3, -0.25) is 4.31 Å². The van der Waals surface area contributed by atoms with E-state index in [-0.39, 0.29) is 4.90 Å². The summed E-state index contributed by atoms with van der Waals surface area (Å²) in [6.07, 6.45) is 0.0388. The highest BCUT2D eigenvalue weighted by Crippen LogP contribution is 2.33. The van der Waals surface area contributed by atoms with Gasteiger partial charge in [-0.05, 0) is 42.7 Å². The van der Waals surface area contributed by atoms with E-state index in [1.807, 2.05) is 24.3 Å². The Morgan fingerprint density at radius 1 is 1.14 bits per heavy atom. The average Bonchev–Trinajstić information content (AvgIpc) is 2.92. The Balaban J connectivity index is 2.04. The largest absolute Gasteiger partial charge is 0.389 e. The molecule has 2 aromatic carbocycles. The number of rotatable bonds is 3. The van der Waals surface area contributed by atoms with Gasteiger partial charge < -0.3 is 5.11 Å². The first-order valence-corrected chi connectivity index (χ1v) is 8.33. The van der Waals surface area contributed by atoms with Crippen LogP contribution in [0.15, 0.2) is 53.4 Å². The smallest absolute Gasteiger partial charge is 0.264 e. The molecule has 0 amide bonds. The van der Waals surface area contributed by atoms with Crippen LogP contribution in [0.1, 0.15) is 24.2 Å². The number of aliphatic hydroxyl groups excluding tert-OH is 1. The van der Waals surface area contributed by atoms with E-state index in [0.717, 1.165) is 17.7 Å². The molecule has 1 N–H and O–H groups in total. The van der Waals surface area contributed by atoms with Gasteiger partial charge in [-0.1, -0.05) is 30.3 Å². The fourth-order valence-electron chi connectivity index (χ4n) is 2.62. The zero-order valence-electron chi connectivity index (χ0n) is 11.7. The van der Waals surface area contributed by atoms with Gasteiger partial charge in [0.05, 0.1) is 16.7 Å². The summed E-state index contributed by atoms with van der Waals surface area (Å²) in [6.45, 7) is 2.08. The highest BCUT2D eigenvalue weighted by atomic mass is 32.2. The second kappa shape index (κ2) is 5.16. The molecule has 2 aromatic rings. The third-order valence-corrected chi connectivity index (χ3v) is 5.58. The van der Waals surface area contributed by atoms with Crippen LogP contribution in [-0.4, -0.2) is 20.1 Å². The van der Waals surface area contributed by atoms with Crippen molar-refractivity contribution in [1.82, 2.24) is 0 Å². The van der Waals surface area contributed by atoms with Gasteiger partial charge in [0.25, 0.3) is 10.0 Å². The molecular weight excluding hydrogens is 286 g/mol. The second-order valence-electron chi connectivity index (χ2n) is 5.20. The molecule has 0 aliphatic carbocycles. The Hall–Kier alpha value is -1.85. The zero-order valence-corrected chi connectivity index (χ0v) is 12.5. The van der Waals surface area contributed by atoms with Crippen LogP contribution in [0.25, 0.3) is 0 Å². The lowest BCUT2D eigenvalue weighted by Gasteiger charge is -2.20. The summed E-state index contributed by atoms with van der Waals surface area (Å²) in [6, 6.07) is 14.1. The first-order valence-electron chi connectivity index (χ1n) is 6.89. The molecule has 0 saturated carbocycles. The van der Waals surface area contributed by atoms with E-state index >= 15 is 0 Å². The normalized spacial score (nSPS) is 15.8. The predicted octanol–water partition coefficient (Wildman–Crippen LogP) is 2.49. The predicted molar refractivity (Wildman–Crippen MR) is 81.8 cm³/mol. The van der Waals surface area contributed by atoms with Crippen LogP contribution in [0.5, 0.6) is 0 Å². The number of sulfonamides is 1. The lowest BCUT2D eigenvalue weighted by atomic mass is 10.1. The molecule has 5 heteroatoms. The Bertz CT molecular complexity index is 769. The van der Waals surface area contributed by atoms with Crippen molar-refractivity contribution in [3.05, 3.63) is 59.7 Å². The standard InChI is InChI=1S/C16H17NO3S/c1-12(18)14-6-4-7-15(11-14)21(19,20)17-10-9-13-5-2-3-8-16(13)17/h2-8,11-12,18H,9-10H2,1H3. The summed E-state index contributed by atoms with van der Waals surface area (Å²) in [5, 5.41) is 9.63. The fourth-order valence-corrected chi connectivity index (χ4v) is 4.18.